The van der Waals surface area contributed by atoms with E-state index in [0.29, 0.717) is 17.2 Å². The molecule has 0 saturated carbocycles. The molecule has 1 N–H and O–H groups in total. The lowest BCUT2D eigenvalue weighted by Crippen LogP contribution is -2.41. The highest BCUT2D eigenvalue weighted by molar-refractivity contribution is 7.80. The molecule has 0 bridgehead atoms. The van der Waals surface area contributed by atoms with Crippen LogP contribution < -0.4 is 5.32 Å². The molecule has 0 aromatic carbocycles. The Hall–Kier alpha value is -1.10. The van der Waals surface area contributed by atoms with Crippen LogP contribution >= 0.6 is 12.2 Å². The second-order valence-electron chi connectivity index (χ2n) is 2.47. The van der Waals surface area contributed by atoms with Gasteiger partial charge in [-0.3, -0.25) is 0 Å². The molecular formula is C7H10N2O2S. The molecule has 0 aromatic heterocycles. The van der Waals surface area contributed by atoms with Gasteiger partial charge in [0.2, 0.25) is 0 Å². The topological polar surface area (TPSA) is 41.6 Å². The maximum absolute atomic E-state index is 11.0. The number of rotatable bonds is 1. The van der Waals surface area contributed by atoms with E-state index < -0.39 is 0 Å². The first-order valence-corrected chi connectivity index (χ1v) is 3.85. The molecule has 0 radical (unpaired) electrons. The Morgan fingerprint density at radius 3 is 3.00 bits per heavy atom. The van der Waals surface area contributed by atoms with Crippen LogP contribution in [0.5, 0.6) is 0 Å². The summed E-state index contributed by atoms with van der Waals surface area (Å²) < 4.78 is 4.56. The van der Waals surface area contributed by atoms with E-state index in [2.05, 4.69) is 10.1 Å². The van der Waals surface area contributed by atoms with Gasteiger partial charge in [0.05, 0.1) is 19.2 Å². The third kappa shape index (κ3) is 1.73. The molecule has 0 fully saturated rings. The Bertz CT molecular complexity index is 250. The van der Waals surface area contributed by atoms with Crippen molar-refractivity contribution in [2.24, 2.45) is 0 Å². The first-order chi connectivity index (χ1) is 5.65. The third-order valence-corrected chi connectivity index (χ3v) is 2.00. The van der Waals surface area contributed by atoms with Crippen molar-refractivity contribution in [1.29, 1.82) is 0 Å². The van der Waals surface area contributed by atoms with Gasteiger partial charge in [0.25, 0.3) is 0 Å². The third-order valence-electron chi connectivity index (χ3n) is 1.57. The maximum Gasteiger partial charge on any atom is 0.337 e. The molecule has 0 saturated heterocycles. The fraction of sp³-hybridized carbons (Fsp3) is 0.429. The van der Waals surface area contributed by atoms with E-state index >= 15 is 0 Å². The van der Waals surface area contributed by atoms with Crippen molar-refractivity contribution in [3.05, 3.63) is 11.8 Å². The molecule has 12 heavy (non-hydrogen) atoms. The normalized spacial score (nSPS) is 16.7. The summed E-state index contributed by atoms with van der Waals surface area (Å²) >= 11 is 4.92. The van der Waals surface area contributed by atoms with Crippen molar-refractivity contribution in [3.8, 4) is 0 Å². The summed E-state index contributed by atoms with van der Waals surface area (Å²) in [4.78, 5) is 12.8. The summed E-state index contributed by atoms with van der Waals surface area (Å²) in [5.41, 5.74) is 0.577. The van der Waals surface area contributed by atoms with E-state index in [0.717, 1.165) is 0 Å². The molecule has 5 heteroatoms. The van der Waals surface area contributed by atoms with Crippen molar-refractivity contribution < 1.29 is 9.53 Å². The molecule has 1 heterocycles. The van der Waals surface area contributed by atoms with Gasteiger partial charge in [0, 0.05) is 13.2 Å². The van der Waals surface area contributed by atoms with E-state index in [1.807, 2.05) is 7.05 Å². The van der Waals surface area contributed by atoms with Crippen LogP contribution in [0.2, 0.25) is 0 Å². The summed E-state index contributed by atoms with van der Waals surface area (Å²) in [6.45, 7) is 0.499. The SMILES string of the molecule is COC(=O)C1=CNC(=S)N(C)C1. The Kier molecular flexibility index (Phi) is 2.65. The highest BCUT2D eigenvalue weighted by atomic mass is 32.1. The molecule has 0 aliphatic carbocycles. The van der Waals surface area contributed by atoms with Crippen LogP contribution in [0, 0.1) is 0 Å². The van der Waals surface area contributed by atoms with Gasteiger partial charge in [-0.25, -0.2) is 4.79 Å². The number of carbonyl (C=O) groups is 1. The van der Waals surface area contributed by atoms with E-state index in [1.165, 1.54) is 7.11 Å². The van der Waals surface area contributed by atoms with E-state index in [9.17, 15) is 4.79 Å². The molecule has 66 valence electrons. The van der Waals surface area contributed by atoms with Crippen LogP contribution in [0.1, 0.15) is 0 Å². The van der Waals surface area contributed by atoms with Crippen molar-refractivity contribution in [3.63, 3.8) is 0 Å². The van der Waals surface area contributed by atoms with E-state index in [4.69, 9.17) is 12.2 Å². The predicted molar refractivity (Wildman–Crippen MR) is 48.5 cm³/mol. The fourth-order valence-electron chi connectivity index (χ4n) is 0.887. The first-order valence-electron chi connectivity index (χ1n) is 3.44. The van der Waals surface area contributed by atoms with Gasteiger partial charge >= 0.3 is 5.97 Å². The van der Waals surface area contributed by atoms with Crippen LogP contribution in [0.15, 0.2) is 11.8 Å². The van der Waals surface area contributed by atoms with Gasteiger partial charge in [-0.1, -0.05) is 0 Å². The Balaban J connectivity index is 2.70. The van der Waals surface area contributed by atoms with E-state index in [1.54, 1.807) is 11.1 Å². The Morgan fingerprint density at radius 1 is 1.83 bits per heavy atom. The first kappa shape index (κ1) is 8.99. The number of methoxy groups -OCH3 is 1. The van der Waals surface area contributed by atoms with Crippen LogP contribution in [0.3, 0.4) is 0 Å². The number of esters is 1. The smallest absolute Gasteiger partial charge is 0.337 e. The van der Waals surface area contributed by atoms with Gasteiger partial charge in [0.15, 0.2) is 5.11 Å². The summed E-state index contributed by atoms with van der Waals surface area (Å²) in [5.74, 6) is -0.322. The Morgan fingerprint density at radius 2 is 2.50 bits per heavy atom. The van der Waals surface area contributed by atoms with Crippen LogP contribution in [-0.2, 0) is 9.53 Å². The maximum atomic E-state index is 11.0. The zero-order valence-electron chi connectivity index (χ0n) is 6.96. The van der Waals surface area contributed by atoms with Gasteiger partial charge in [-0.05, 0) is 12.2 Å². The molecule has 1 rings (SSSR count). The lowest BCUT2D eigenvalue weighted by Gasteiger charge is -2.24. The molecule has 0 aromatic rings. The molecular weight excluding hydrogens is 176 g/mol. The number of carbonyl (C=O) groups excluding carboxylic acids is 1. The zero-order chi connectivity index (χ0) is 9.14. The van der Waals surface area contributed by atoms with Crippen molar-refractivity contribution in [2.75, 3.05) is 20.7 Å². The molecule has 4 nitrogen and oxygen atoms in total. The predicted octanol–water partition coefficient (Wildman–Crippen LogP) is -0.137. The van der Waals surface area contributed by atoms with Crippen molar-refractivity contribution >= 4 is 23.3 Å². The zero-order valence-corrected chi connectivity index (χ0v) is 7.77. The summed E-state index contributed by atoms with van der Waals surface area (Å²) in [7, 11) is 3.17. The van der Waals surface area contributed by atoms with Gasteiger partial charge in [0.1, 0.15) is 0 Å². The quantitative estimate of drug-likeness (QED) is 0.456. The molecule has 1 aliphatic rings. The lowest BCUT2D eigenvalue weighted by molar-refractivity contribution is -0.136. The lowest BCUT2D eigenvalue weighted by atomic mass is 10.2. The minimum atomic E-state index is -0.322. The summed E-state index contributed by atoms with van der Waals surface area (Å²) in [6, 6.07) is 0. The minimum absolute atomic E-state index is 0.322. The number of hydrogen-bond donors (Lipinski definition) is 1. The van der Waals surface area contributed by atoms with Crippen LogP contribution in [0.25, 0.3) is 0 Å². The highest BCUT2D eigenvalue weighted by Crippen LogP contribution is 2.04. The van der Waals surface area contributed by atoms with Crippen molar-refractivity contribution in [2.45, 2.75) is 0 Å². The Labute approximate surface area is 76.2 Å². The van der Waals surface area contributed by atoms with Gasteiger partial charge < -0.3 is 15.0 Å². The highest BCUT2D eigenvalue weighted by Gasteiger charge is 2.17. The average Bonchev–Trinajstić information content (AvgIpc) is 2.08. The summed E-state index contributed by atoms with van der Waals surface area (Å²) in [6.07, 6.45) is 1.58. The molecule has 0 spiro atoms. The number of nitrogens with one attached hydrogen (secondary N) is 1. The van der Waals surface area contributed by atoms with Gasteiger partial charge in [-0.15, -0.1) is 0 Å². The molecule has 1 aliphatic heterocycles. The number of hydrogen-bond acceptors (Lipinski definition) is 3. The van der Waals surface area contributed by atoms with Gasteiger partial charge in [-0.2, -0.15) is 0 Å². The second kappa shape index (κ2) is 3.53. The summed E-state index contributed by atoms with van der Waals surface area (Å²) in [5, 5.41) is 3.41. The fourth-order valence-corrected chi connectivity index (χ4v) is 1.01. The average molecular weight is 186 g/mol. The molecule has 0 unspecified atom stereocenters. The number of ether oxygens (including phenoxy) is 1. The standard InChI is InChI=1S/C7H10N2O2S/c1-9-4-5(6(10)11-2)3-8-7(9)12/h3H,4H2,1-2H3,(H,8,12). The largest absolute Gasteiger partial charge is 0.466 e. The number of nitrogens with zero attached hydrogens (tertiary/aromatic N) is 1. The number of thiocarbonyl (C=S) groups is 1. The monoisotopic (exact) mass is 186 g/mol. The number of likely N-dealkylation sites (N-methyl/N-ethyl adjacent to an activating group) is 1. The van der Waals surface area contributed by atoms with Crippen LogP contribution in [-0.4, -0.2) is 36.7 Å². The second-order valence-corrected chi connectivity index (χ2v) is 2.85. The molecule has 0 amide bonds. The minimum Gasteiger partial charge on any atom is -0.466 e. The molecule has 0 atom stereocenters. The van der Waals surface area contributed by atoms with Crippen LogP contribution in [0.4, 0.5) is 0 Å². The van der Waals surface area contributed by atoms with E-state index in [-0.39, 0.29) is 5.97 Å². The van der Waals surface area contributed by atoms with Crippen molar-refractivity contribution in [1.82, 2.24) is 10.2 Å².